The molecule has 0 aromatic carbocycles. The summed E-state index contributed by atoms with van der Waals surface area (Å²) in [5, 5.41) is 3.30. The average Bonchev–Trinajstić information content (AvgIpc) is 3.01. The van der Waals surface area contributed by atoms with Gasteiger partial charge in [0.1, 0.15) is 0 Å². The maximum atomic E-state index is 11.9. The summed E-state index contributed by atoms with van der Waals surface area (Å²) in [5.41, 5.74) is 0. The van der Waals surface area contributed by atoms with E-state index >= 15 is 0 Å². The van der Waals surface area contributed by atoms with Crippen molar-refractivity contribution in [1.82, 2.24) is 14.8 Å². The van der Waals surface area contributed by atoms with Crippen molar-refractivity contribution in [1.29, 1.82) is 0 Å². The Balaban J connectivity index is 1.41. The largest absolute Gasteiger partial charge is 0.383 e. The van der Waals surface area contributed by atoms with E-state index in [0.717, 1.165) is 32.7 Å². The van der Waals surface area contributed by atoms with Gasteiger partial charge in [0.05, 0.1) is 11.6 Å². The Morgan fingerprint density at radius 3 is 3.00 bits per heavy atom. The fraction of sp³-hybridized carbons (Fsp3) is 0.714. The number of carbonyl (C=O) groups excluding carboxylic acids is 1. The molecular weight excluding hydrogens is 274 g/mol. The molecule has 2 aliphatic heterocycles. The molecular formula is C14H21N3O2S. The maximum Gasteiger partial charge on any atom is 0.223 e. The molecule has 0 radical (unpaired) electrons. The number of hydrogen-bond donors (Lipinski definition) is 0. The molecule has 3 rings (SSSR count). The topological polar surface area (TPSA) is 45.7 Å². The Morgan fingerprint density at radius 2 is 2.30 bits per heavy atom. The van der Waals surface area contributed by atoms with Crippen LogP contribution < -0.4 is 0 Å². The van der Waals surface area contributed by atoms with E-state index in [0.29, 0.717) is 24.9 Å². The summed E-state index contributed by atoms with van der Waals surface area (Å²) >= 11 is 1.75. The van der Waals surface area contributed by atoms with Gasteiger partial charge in [-0.05, 0) is 5.92 Å². The first-order chi connectivity index (χ1) is 9.76. The molecule has 6 heteroatoms. The quantitative estimate of drug-likeness (QED) is 0.786. The minimum Gasteiger partial charge on any atom is -0.383 e. The molecule has 0 bridgehead atoms. The zero-order valence-electron chi connectivity index (χ0n) is 11.8. The van der Waals surface area contributed by atoms with E-state index in [-0.39, 0.29) is 5.91 Å². The van der Waals surface area contributed by atoms with Gasteiger partial charge in [0.25, 0.3) is 0 Å². The second kappa shape index (κ2) is 6.20. The summed E-state index contributed by atoms with van der Waals surface area (Å²) in [6.45, 7) is 5.48. The van der Waals surface area contributed by atoms with Crippen LogP contribution in [0.5, 0.6) is 0 Å². The first-order valence-electron chi connectivity index (χ1n) is 7.14. The van der Waals surface area contributed by atoms with Gasteiger partial charge in [-0.2, -0.15) is 0 Å². The van der Waals surface area contributed by atoms with Crippen molar-refractivity contribution >= 4 is 17.2 Å². The highest BCUT2D eigenvalue weighted by Gasteiger charge is 2.35. The second-order valence-electron chi connectivity index (χ2n) is 5.69. The van der Waals surface area contributed by atoms with E-state index in [2.05, 4.69) is 9.88 Å². The molecule has 3 heterocycles. The summed E-state index contributed by atoms with van der Waals surface area (Å²) in [6.07, 6.45) is 2.58. The predicted octanol–water partition coefficient (Wildman–Crippen LogP) is 1.04. The fourth-order valence-electron chi connectivity index (χ4n) is 3.07. The van der Waals surface area contributed by atoms with E-state index < -0.39 is 0 Å². The SMILES string of the molecule is COCCN1CC(CN2CC(c3nccs3)C2)CC1=O. The molecule has 0 aliphatic carbocycles. The van der Waals surface area contributed by atoms with Crippen LogP contribution >= 0.6 is 11.3 Å². The van der Waals surface area contributed by atoms with Crippen LogP contribution in [0.2, 0.25) is 0 Å². The molecule has 0 spiro atoms. The normalized spacial score (nSPS) is 24.4. The van der Waals surface area contributed by atoms with Gasteiger partial charge in [0.2, 0.25) is 5.91 Å². The molecule has 0 saturated carbocycles. The monoisotopic (exact) mass is 295 g/mol. The van der Waals surface area contributed by atoms with Crippen molar-refractivity contribution in [3.8, 4) is 0 Å². The summed E-state index contributed by atoms with van der Waals surface area (Å²) in [6, 6.07) is 0. The van der Waals surface area contributed by atoms with Gasteiger partial charge in [0, 0.05) is 63.7 Å². The maximum absolute atomic E-state index is 11.9. The van der Waals surface area contributed by atoms with E-state index in [1.54, 1.807) is 18.4 Å². The third kappa shape index (κ3) is 3.02. The summed E-state index contributed by atoms with van der Waals surface area (Å²) < 4.78 is 5.05. The molecule has 1 aromatic heterocycles. The van der Waals surface area contributed by atoms with Gasteiger partial charge in [-0.1, -0.05) is 0 Å². The number of ether oxygens (including phenoxy) is 1. The van der Waals surface area contributed by atoms with Crippen molar-refractivity contribution < 1.29 is 9.53 Å². The summed E-state index contributed by atoms with van der Waals surface area (Å²) in [5.74, 6) is 1.37. The number of carbonyl (C=O) groups is 1. The smallest absolute Gasteiger partial charge is 0.223 e. The Bertz CT molecular complexity index is 445. The van der Waals surface area contributed by atoms with Gasteiger partial charge >= 0.3 is 0 Å². The minimum atomic E-state index is 0.282. The van der Waals surface area contributed by atoms with E-state index in [4.69, 9.17) is 4.74 Å². The number of likely N-dealkylation sites (tertiary alicyclic amines) is 2. The Morgan fingerprint density at radius 1 is 1.45 bits per heavy atom. The lowest BCUT2D eigenvalue weighted by molar-refractivity contribution is -0.128. The average molecular weight is 295 g/mol. The molecule has 110 valence electrons. The molecule has 5 nitrogen and oxygen atoms in total. The van der Waals surface area contributed by atoms with Crippen molar-refractivity contribution in [2.75, 3.05) is 46.4 Å². The third-order valence-corrected chi connectivity index (χ3v) is 5.07. The molecule has 0 N–H and O–H groups in total. The van der Waals surface area contributed by atoms with Crippen LogP contribution in [0, 0.1) is 5.92 Å². The number of amides is 1. The zero-order valence-corrected chi connectivity index (χ0v) is 12.6. The number of rotatable bonds is 6. The van der Waals surface area contributed by atoms with Gasteiger partial charge in [-0.15, -0.1) is 11.3 Å². The van der Waals surface area contributed by atoms with Crippen molar-refractivity contribution in [3.63, 3.8) is 0 Å². The van der Waals surface area contributed by atoms with Crippen molar-refractivity contribution in [3.05, 3.63) is 16.6 Å². The zero-order chi connectivity index (χ0) is 13.9. The predicted molar refractivity (Wildman–Crippen MR) is 77.9 cm³/mol. The van der Waals surface area contributed by atoms with Crippen LogP contribution in [-0.2, 0) is 9.53 Å². The number of aromatic nitrogens is 1. The second-order valence-corrected chi connectivity index (χ2v) is 6.61. The van der Waals surface area contributed by atoms with E-state index in [1.165, 1.54) is 5.01 Å². The summed E-state index contributed by atoms with van der Waals surface area (Å²) in [7, 11) is 1.68. The van der Waals surface area contributed by atoms with Gasteiger partial charge in [-0.3, -0.25) is 4.79 Å². The van der Waals surface area contributed by atoms with Gasteiger partial charge in [-0.25, -0.2) is 4.98 Å². The molecule has 1 atom stereocenters. The summed E-state index contributed by atoms with van der Waals surface area (Å²) in [4.78, 5) is 20.6. The Kier molecular flexibility index (Phi) is 4.33. The van der Waals surface area contributed by atoms with E-state index in [1.807, 2.05) is 16.5 Å². The van der Waals surface area contributed by atoms with Crippen molar-refractivity contribution in [2.24, 2.45) is 5.92 Å². The highest BCUT2D eigenvalue weighted by Crippen LogP contribution is 2.30. The fourth-order valence-corrected chi connectivity index (χ4v) is 3.79. The highest BCUT2D eigenvalue weighted by molar-refractivity contribution is 7.09. The molecule has 1 unspecified atom stereocenters. The molecule has 2 aliphatic rings. The lowest BCUT2D eigenvalue weighted by atomic mass is 9.98. The van der Waals surface area contributed by atoms with Crippen LogP contribution in [-0.4, -0.2) is 67.1 Å². The standard InChI is InChI=1S/C14H21N3O2S/c1-19-4-3-17-8-11(6-13(17)18)7-16-9-12(10-16)14-15-2-5-20-14/h2,5,11-12H,3-4,6-10H2,1H3. The molecule has 2 fully saturated rings. The molecule has 1 aromatic rings. The number of nitrogens with zero attached hydrogens (tertiary/aromatic N) is 3. The first-order valence-corrected chi connectivity index (χ1v) is 8.02. The first kappa shape index (κ1) is 14.0. The van der Waals surface area contributed by atoms with E-state index in [9.17, 15) is 4.79 Å². The van der Waals surface area contributed by atoms with Crippen LogP contribution in [0.25, 0.3) is 0 Å². The minimum absolute atomic E-state index is 0.282. The number of thiazole rings is 1. The number of methoxy groups -OCH3 is 1. The lowest BCUT2D eigenvalue weighted by Crippen LogP contribution is -2.47. The van der Waals surface area contributed by atoms with Gasteiger partial charge < -0.3 is 14.5 Å². The molecule has 1 amide bonds. The highest BCUT2D eigenvalue weighted by atomic mass is 32.1. The Hall–Kier alpha value is -0.980. The molecule has 20 heavy (non-hydrogen) atoms. The van der Waals surface area contributed by atoms with Gasteiger partial charge in [0.15, 0.2) is 0 Å². The van der Waals surface area contributed by atoms with Crippen molar-refractivity contribution in [2.45, 2.75) is 12.3 Å². The third-order valence-electron chi connectivity index (χ3n) is 4.13. The Labute approximate surface area is 123 Å². The number of hydrogen-bond acceptors (Lipinski definition) is 5. The van der Waals surface area contributed by atoms with Crippen LogP contribution in [0.1, 0.15) is 17.3 Å². The van der Waals surface area contributed by atoms with Crippen LogP contribution in [0.15, 0.2) is 11.6 Å². The lowest BCUT2D eigenvalue weighted by Gasteiger charge is -2.39. The van der Waals surface area contributed by atoms with Crippen LogP contribution in [0.4, 0.5) is 0 Å². The molecule has 2 saturated heterocycles. The van der Waals surface area contributed by atoms with Crippen LogP contribution in [0.3, 0.4) is 0 Å².